The summed E-state index contributed by atoms with van der Waals surface area (Å²) in [5, 5.41) is 1.94. The first-order chi connectivity index (χ1) is 8.74. The molecule has 0 spiro atoms. The third-order valence-corrected chi connectivity index (χ3v) is 2.52. The highest BCUT2D eigenvalue weighted by atomic mass is 35.5. The summed E-state index contributed by atoms with van der Waals surface area (Å²) >= 11 is 0. The Balaban J connectivity index is 0.00000180. The Morgan fingerprint density at radius 3 is 2.84 bits per heavy atom. The summed E-state index contributed by atoms with van der Waals surface area (Å²) in [5.74, 6) is 0.787. The first-order valence-electron chi connectivity index (χ1n) is 5.51. The Labute approximate surface area is 117 Å². The lowest BCUT2D eigenvalue weighted by atomic mass is 10.2. The number of aromatic nitrogens is 1. The van der Waals surface area contributed by atoms with Crippen LogP contribution in [0.3, 0.4) is 0 Å². The van der Waals surface area contributed by atoms with E-state index in [9.17, 15) is 4.79 Å². The minimum absolute atomic E-state index is 0. The average Bonchev–Trinajstić information content (AvgIpc) is 2.43. The lowest BCUT2D eigenvalue weighted by molar-refractivity contribution is -0.584. The molecule has 1 aromatic heterocycles. The van der Waals surface area contributed by atoms with E-state index in [2.05, 4.69) is 6.58 Å². The van der Waals surface area contributed by atoms with Gasteiger partial charge in [-0.1, -0.05) is 17.2 Å². The summed E-state index contributed by atoms with van der Waals surface area (Å²) in [6.45, 7) is 3.70. The summed E-state index contributed by atoms with van der Waals surface area (Å²) in [6.07, 6.45) is 4.49. The number of carbonyl (C=O) groups excluding carboxylic acids is 1. The second kappa shape index (κ2) is 6.75. The van der Waals surface area contributed by atoms with Crippen molar-refractivity contribution in [3.8, 4) is 5.75 Å². The Morgan fingerprint density at radius 1 is 1.37 bits per heavy atom. The maximum absolute atomic E-state index is 11.6. The molecule has 0 amide bonds. The quantitative estimate of drug-likeness (QED) is 0.552. The van der Waals surface area contributed by atoms with E-state index in [1.807, 2.05) is 24.3 Å². The van der Waals surface area contributed by atoms with Crippen LogP contribution in [0.4, 0.5) is 4.79 Å². The fourth-order valence-electron chi connectivity index (χ4n) is 1.61. The minimum Gasteiger partial charge on any atom is -1.00 e. The number of fused-ring (bicyclic) bond motifs is 1. The van der Waals surface area contributed by atoms with E-state index in [0.717, 1.165) is 16.5 Å². The lowest BCUT2D eigenvalue weighted by Gasteiger charge is -2.01. The SMILES string of the molecule is C=CCOC(=O)[n+]1ccc2cc(OC)ccc2c1.[Cl-]. The van der Waals surface area contributed by atoms with Crippen molar-refractivity contribution >= 4 is 16.9 Å². The largest absolute Gasteiger partial charge is 1.00 e. The fraction of sp³-hybridized carbons (Fsp3) is 0.143. The van der Waals surface area contributed by atoms with Gasteiger partial charge in [0.25, 0.3) is 0 Å². The Hall–Kier alpha value is -2.07. The molecule has 0 fully saturated rings. The molecule has 0 N–H and O–H groups in total. The molecule has 19 heavy (non-hydrogen) atoms. The van der Waals surface area contributed by atoms with Gasteiger partial charge in [0.05, 0.1) is 7.11 Å². The van der Waals surface area contributed by atoms with Gasteiger partial charge in [0.1, 0.15) is 12.4 Å². The summed E-state index contributed by atoms with van der Waals surface area (Å²) in [6, 6.07) is 7.50. The van der Waals surface area contributed by atoms with Crippen LogP contribution in [0.15, 0.2) is 49.3 Å². The Bertz CT molecular complexity index is 598. The van der Waals surface area contributed by atoms with Crippen LogP contribution in [-0.4, -0.2) is 19.8 Å². The molecule has 0 radical (unpaired) electrons. The highest BCUT2D eigenvalue weighted by Gasteiger charge is 2.15. The van der Waals surface area contributed by atoms with Crippen LogP contribution in [0.25, 0.3) is 10.8 Å². The molecule has 0 aliphatic rings. The average molecular weight is 280 g/mol. The van der Waals surface area contributed by atoms with E-state index >= 15 is 0 Å². The van der Waals surface area contributed by atoms with E-state index in [1.54, 1.807) is 19.5 Å². The first kappa shape index (κ1) is 15.0. The van der Waals surface area contributed by atoms with Crippen molar-refractivity contribution in [2.75, 3.05) is 13.7 Å². The zero-order valence-corrected chi connectivity index (χ0v) is 11.3. The minimum atomic E-state index is -0.424. The summed E-state index contributed by atoms with van der Waals surface area (Å²) in [4.78, 5) is 11.6. The number of methoxy groups -OCH3 is 1. The van der Waals surface area contributed by atoms with Crippen LogP contribution < -0.4 is 21.7 Å². The molecule has 0 aliphatic carbocycles. The standard InChI is InChI=1S/C14H14NO3.ClH/c1-3-8-18-14(16)15-7-6-11-9-13(17-2)5-4-12(11)10-15;/h3-7,9-10H,1,8H2,2H3;1H/q+1;/p-1. The van der Waals surface area contributed by atoms with Crippen molar-refractivity contribution in [3.05, 3.63) is 49.3 Å². The predicted molar refractivity (Wildman–Crippen MR) is 67.6 cm³/mol. The van der Waals surface area contributed by atoms with Gasteiger partial charge in [0.15, 0.2) is 12.4 Å². The Morgan fingerprint density at radius 2 is 2.16 bits per heavy atom. The van der Waals surface area contributed by atoms with E-state index in [1.165, 1.54) is 10.6 Å². The van der Waals surface area contributed by atoms with Crippen LogP contribution >= 0.6 is 0 Å². The fourth-order valence-corrected chi connectivity index (χ4v) is 1.61. The van der Waals surface area contributed by atoms with Crippen LogP contribution in [0.2, 0.25) is 0 Å². The van der Waals surface area contributed by atoms with Crippen LogP contribution in [0, 0.1) is 0 Å². The molecular weight excluding hydrogens is 266 g/mol. The maximum Gasteiger partial charge on any atom is 0.602 e. The van der Waals surface area contributed by atoms with Gasteiger partial charge in [0.2, 0.25) is 0 Å². The van der Waals surface area contributed by atoms with Gasteiger partial charge < -0.3 is 21.9 Å². The molecular formula is C14H14ClNO3. The molecule has 100 valence electrons. The van der Waals surface area contributed by atoms with Gasteiger partial charge in [-0.15, -0.1) is 0 Å². The van der Waals surface area contributed by atoms with Crippen LogP contribution in [-0.2, 0) is 4.74 Å². The normalized spacial score (nSPS) is 9.53. The van der Waals surface area contributed by atoms with Gasteiger partial charge >= 0.3 is 6.09 Å². The predicted octanol–water partition coefficient (Wildman–Crippen LogP) is -0.689. The second-order valence-electron chi connectivity index (χ2n) is 3.71. The van der Waals surface area contributed by atoms with Crippen molar-refractivity contribution in [1.82, 2.24) is 0 Å². The number of hydrogen-bond acceptors (Lipinski definition) is 3. The van der Waals surface area contributed by atoms with Crippen molar-refractivity contribution in [1.29, 1.82) is 0 Å². The molecule has 1 aromatic carbocycles. The van der Waals surface area contributed by atoms with Crippen molar-refractivity contribution in [2.45, 2.75) is 0 Å². The molecule has 0 unspecified atom stereocenters. The molecule has 4 nitrogen and oxygen atoms in total. The smallest absolute Gasteiger partial charge is 0.602 e. The van der Waals surface area contributed by atoms with Crippen molar-refractivity contribution in [2.24, 2.45) is 0 Å². The number of ether oxygens (including phenoxy) is 2. The maximum atomic E-state index is 11.6. The topological polar surface area (TPSA) is 39.4 Å². The zero-order chi connectivity index (χ0) is 13.0. The third kappa shape index (κ3) is 3.45. The molecule has 0 atom stereocenters. The highest BCUT2D eigenvalue weighted by Crippen LogP contribution is 2.18. The van der Waals surface area contributed by atoms with Crippen molar-refractivity contribution in [3.63, 3.8) is 0 Å². The van der Waals surface area contributed by atoms with Gasteiger partial charge in [-0.25, -0.2) is 0 Å². The third-order valence-electron chi connectivity index (χ3n) is 2.52. The molecule has 0 aliphatic heterocycles. The zero-order valence-electron chi connectivity index (χ0n) is 10.5. The van der Waals surface area contributed by atoms with Gasteiger partial charge in [-0.05, 0) is 23.6 Å². The molecule has 0 saturated carbocycles. The molecule has 2 aromatic rings. The van der Waals surface area contributed by atoms with E-state index in [-0.39, 0.29) is 19.0 Å². The summed E-state index contributed by atoms with van der Waals surface area (Å²) < 4.78 is 11.5. The number of pyridine rings is 1. The van der Waals surface area contributed by atoms with Gasteiger partial charge in [-0.3, -0.25) is 0 Å². The monoisotopic (exact) mass is 279 g/mol. The molecule has 5 heteroatoms. The van der Waals surface area contributed by atoms with Gasteiger partial charge in [0, 0.05) is 11.5 Å². The highest BCUT2D eigenvalue weighted by molar-refractivity contribution is 5.82. The van der Waals surface area contributed by atoms with Crippen LogP contribution in [0.5, 0.6) is 5.75 Å². The summed E-state index contributed by atoms with van der Waals surface area (Å²) in [7, 11) is 1.62. The van der Waals surface area contributed by atoms with E-state index in [0.29, 0.717) is 0 Å². The van der Waals surface area contributed by atoms with Crippen LogP contribution in [0.1, 0.15) is 0 Å². The number of halogens is 1. The van der Waals surface area contributed by atoms with E-state index < -0.39 is 6.09 Å². The first-order valence-corrected chi connectivity index (χ1v) is 5.51. The summed E-state index contributed by atoms with van der Waals surface area (Å²) in [5.41, 5.74) is 0. The number of hydrogen-bond donors (Lipinski definition) is 0. The number of carbonyl (C=O) groups is 1. The van der Waals surface area contributed by atoms with Gasteiger partial charge in [-0.2, -0.15) is 4.79 Å². The molecule has 2 rings (SSSR count). The Kier molecular flexibility index (Phi) is 5.33. The lowest BCUT2D eigenvalue weighted by Crippen LogP contribution is -3.00. The van der Waals surface area contributed by atoms with E-state index in [4.69, 9.17) is 9.47 Å². The molecule has 0 saturated heterocycles. The number of rotatable bonds is 3. The number of nitrogens with zero attached hydrogens (tertiary/aromatic N) is 1. The van der Waals surface area contributed by atoms with Crippen molar-refractivity contribution < 1.29 is 31.2 Å². The number of benzene rings is 1. The second-order valence-corrected chi connectivity index (χ2v) is 3.71. The molecule has 0 bridgehead atoms. The molecule has 1 heterocycles.